The summed E-state index contributed by atoms with van der Waals surface area (Å²) in [5.74, 6) is 0.338. The second-order valence-electron chi connectivity index (χ2n) is 7.21. The highest BCUT2D eigenvalue weighted by molar-refractivity contribution is 7.14. The van der Waals surface area contributed by atoms with Gasteiger partial charge in [0.25, 0.3) is 5.91 Å². The summed E-state index contributed by atoms with van der Waals surface area (Å²) in [5, 5.41) is 5.13. The average molecular weight is 478 g/mol. The van der Waals surface area contributed by atoms with Gasteiger partial charge in [0, 0.05) is 42.9 Å². The first-order chi connectivity index (χ1) is 15.8. The number of nitrogens with zero attached hydrogens (tertiary/aromatic N) is 3. The van der Waals surface area contributed by atoms with Crippen LogP contribution in [0.2, 0.25) is 0 Å². The molecule has 2 aromatic carbocycles. The van der Waals surface area contributed by atoms with Crippen molar-refractivity contribution in [3.05, 3.63) is 59.6 Å². The van der Waals surface area contributed by atoms with Gasteiger partial charge in [0.2, 0.25) is 0 Å². The zero-order valence-electron chi connectivity index (χ0n) is 17.6. The number of thiazole rings is 1. The lowest BCUT2D eigenvalue weighted by Crippen LogP contribution is -2.48. The van der Waals surface area contributed by atoms with Gasteiger partial charge in [-0.2, -0.15) is 0 Å². The van der Waals surface area contributed by atoms with Gasteiger partial charge < -0.3 is 24.6 Å². The van der Waals surface area contributed by atoms with Crippen molar-refractivity contribution in [1.29, 1.82) is 0 Å². The number of halogens is 3. The van der Waals surface area contributed by atoms with Crippen LogP contribution in [0, 0.1) is 0 Å². The van der Waals surface area contributed by atoms with Gasteiger partial charge in [-0.15, -0.1) is 24.5 Å². The van der Waals surface area contributed by atoms with Crippen molar-refractivity contribution < 1.29 is 27.4 Å². The Kier molecular flexibility index (Phi) is 6.59. The molecule has 1 aliphatic rings. The predicted molar refractivity (Wildman–Crippen MR) is 120 cm³/mol. The Hall–Kier alpha value is -3.47. The highest BCUT2D eigenvalue weighted by Gasteiger charge is 2.31. The number of rotatable bonds is 6. The van der Waals surface area contributed by atoms with E-state index in [1.807, 2.05) is 24.3 Å². The quantitative estimate of drug-likeness (QED) is 0.551. The molecule has 0 bridgehead atoms. The molecule has 1 saturated heterocycles. The zero-order valence-corrected chi connectivity index (χ0v) is 18.4. The Bertz CT molecular complexity index is 1080. The summed E-state index contributed by atoms with van der Waals surface area (Å²) in [4.78, 5) is 21.2. The topological polar surface area (TPSA) is 66.9 Å². The molecule has 174 valence electrons. The summed E-state index contributed by atoms with van der Waals surface area (Å²) in [6.07, 6.45) is -4.74. The van der Waals surface area contributed by atoms with Gasteiger partial charge in [-0.3, -0.25) is 4.79 Å². The number of methoxy groups -OCH3 is 1. The number of carbonyl (C=O) groups is 1. The minimum atomic E-state index is -4.74. The first-order valence-corrected chi connectivity index (χ1v) is 11.0. The van der Waals surface area contributed by atoms with Gasteiger partial charge in [0.05, 0.1) is 7.11 Å². The van der Waals surface area contributed by atoms with Crippen molar-refractivity contribution in [2.24, 2.45) is 0 Å². The summed E-state index contributed by atoms with van der Waals surface area (Å²) in [7, 11) is 1.63. The first-order valence-electron chi connectivity index (χ1n) is 10.1. The molecular formula is C22H21F3N4O3S. The molecule has 1 aromatic heterocycles. The number of hydrogen-bond donors (Lipinski definition) is 1. The van der Waals surface area contributed by atoms with Crippen LogP contribution in [0.4, 0.5) is 29.7 Å². The molecule has 0 atom stereocenters. The SMILES string of the molecule is COc1ccc(N2CCN(C(=O)c3csc(Nc4ccc(OC(F)(F)F)cc4)n3)CC2)cc1. The molecular weight excluding hydrogens is 457 g/mol. The molecule has 1 fully saturated rings. The molecule has 0 saturated carbocycles. The van der Waals surface area contributed by atoms with Crippen molar-refractivity contribution >= 4 is 33.8 Å². The largest absolute Gasteiger partial charge is 0.573 e. The average Bonchev–Trinajstić information content (AvgIpc) is 3.27. The number of benzene rings is 2. The maximum Gasteiger partial charge on any atom is 0.573 e. The molecule has 7 nitrogen and oxygen atoms in total. The number of anilines is 3. The number of aromatic nitrogens is 1. The monoisotopic (exact) mass is 478 g/mol. The Morgan fingerprint density at radius 2 is 1.64 bits per heavy atom. The molecule has 0 spiro atoms. The molecule has 1 N–H and O–H groups in total. The van der Waals surface area contributed by atoms with E-state index >= 15 is 0 Å². The lowest BCUT2D eigenvalue weighted by atomic mass is 10.2. The van der Waals surface area contributed by atoms with Gasteiger partial charge in [-0.1, -0.05) is 0 Å². The molecule has 0 aliphatic carbocycles. The van der Waals surface area contributed by atoms with Crippen LogP contribution >= 0.6 is 11.3 Å². The molecule has 11 heteroatoms. The third-order valence-electron chi connectivity index (χ3n) is 5.07. The van der Waals surface area contributed by atoms with E-state index in [2.05, 4.69) is 19.9 Å². The number of piperazine rings is 1. The number of ether oxygens (including phenoxy) is 2. The van der Waals surface area contributed by atoms with Crippen molar-refractivity contribution in [3.63, 3.8) is 0 Å². The molecule has 3 aromatic rings. The molecule has 1 aliphatic heterocycles. The molecule has 0 unspecified atom stereocenters. The van der Waals surface area contributed by atoms with Crippen LogP contribution in [0.15, 0.2) is 53.9 Å². The van der Waals surface area contributed by atoms with Gasteiger partial charge in [0.1, 0.15) is 17.2 Å². The summed E-state index contributed by atoms with van der Waals surface area (Å²) < 4.78 is 45.8. The summed E-state index contributed by atoms with van der Waals surface area (Å²) in [6.45, 7) is 2.57. The molecule has 33 heavy (non-hydrogen) atoms. The first kappa shape index (κ1) is 22.7. The highest BCUT2D eigenvalue weighted by Crippen LogP contribution is 2.27. The highest BCUT2D eigenvalue weighted by atomic mass is 32.1. The Balaban J connectivity index is 1.31. The van der Waals surface area contributed by atoms with Gasteiger partial charge in [-0.05, 0) is 48.5 Å². The fraction of sp³-hybridized carbons (Fsp3) is 0.273. The number of nitrogens with one attached hydrogen (secondary N) is 1. The Morgan fingerprint density at radius 3 is 2.24 bits per heavy atom. The normalized spacial score (nSPS) is 14.2. The summed E-state index contributed by atoms with van der Waals surface area (Å²) in [5.41, 5.74) is 1.94. The number of carbonyl (C=O) groups excluding carboxylic acids is 1. The predicted octanol–water partition coefficient (Wildman–Crippen LogP) is 4.76. The van der Waals surface area contributed by atoms with E-state index in [-0.39, 0.29) is 11.7 Å². The van der Waals surface area contributed by atoms with Crippen molar-refractivity contribution in [2.45, 2.75) is 6.36 Å². The Morgan fingerprint density at radius 1 is 1.00 bits per heavy atom. The van der Waals surface area contributed by atoms with Crippen LogP contribution in [-0.2, 0) is 0 Å². The van der Waals surface area contributed by atoms with E-state index in [0.717, 1.165) is 11.4 Å². The van der Waals surface area contributed by atoms with Gasteiger partial charge >= 0.3 is 6.36 Å². The number of amides is 1. The van der Waals surface area contributed by atoms with Crippen LogP contribution in [-0.4, -0.2) is 55.4 Å². The minimum Gasteiger partial charge on any atom is -0.497 e. The van der Waals surface area contributed by atoms with Crippen LogP contribution in [0.1, 0.15) is 10.5 Å². The second-order valence-corrected chi connectivity index (χ2v) is 8.07. The fourth-order valence-corrected chi connectivity index (χ4v) is 4.12. The summed E-state index contributed by atoms with van der Waals surface area (Å²) in [6, 6.07) is 13.1. The third kappa shape index (κ3) is 5.86. The standard InChI is InChI=1S/C22H21F3N4O3S/c1-31-17-8-4-16(5-9-17)28-10-12-29(13-11-28)20(30)19-14-33-21(27-19)26-15-2-6-18(7-3-15)32-22(23,24)25/h2-9,14H,10-13H2,1H3,(H,26,27). The Labute approximate surface area is 192 Å². The third-order valence-corrected chi connectivity index (χ3v) is 5.82. The smallest absolute Gasteiger partial charge is 0.497 e. The number of alkyl halides is 3. The zero-order chi connectivity index (χ0) is 23.4. The summed E-state index contributed by atoms with van der Waals surface area (Å²) >= 11 is 1.25. The lowest BCUT2D eigenvalue weighted by Gasteiger charge is -2.35. The van der Waals surface area contributed by atoms with Crippen molar-refractivity contribution in [1.82, 2.24) is 9.88 Å². The molecule has 2 heterocycles. The fourth-order valence-electron chi connectivity index (χ4n) is 3.42. The van der Waals surface area contributed by atoms with E-state index in [0.29, 0.717) is 42.7 Å². The maximum atomic E-state index is 12.9. The maximum absolute atomic E-state index is 12.9. The van der Waals surface area contributed by atoms with E-state index < -0.39 is 6.36 Å². The van der Waals surface area contributed by atoms with Crippen LogP contribution in [0.25, 0.3) is 0 Å². The van der Waals surface area contributed by atoms with E-state index in [1.165, 1.54) is 35.6 Å². The van der Waals surface area contributed by atoms with E-state index in [9.17, 15) is 18.0 Å². The van der Waals surface area contributed by atoms with E-state index in [1.54, 1.807) is 17.4 Å². The van der Waals surface area contributed by atoms with Crippen LogP contribution in [0.3, 0.4) is 0 Å². The minimum absolute atomic E-state index is 0.150. The second kappa shape index (κ2) is 9.57. The van der Waals surface area contributed by atoms with Gasteiger partial charge in [0.15, 0.2) is 5.13 Å². The van der Waals surface area contributed by atoms with Crippen LogP contribution < -0.4 is 19.7 Å². The molecule has 1 amide bonds. The van der Waals surface area contributed by atoms with E-state index in [4.69, 9.17) is 4.74 Å². The molecule has 4 rings (SSSR count). The number of hydrogen-bond acceptors (Lipinski definition) is 7. The van der Waals surface area contributed by atoms with Crippen molar-refractivity contribution in [3.8, 4) is 11.5 Å². The van der Waals surface area contributed by atoms with Crippen LogP contribution in [0.5, 0.6) is 11.5 Å². The van der Waals surface area contributed by atoms with Gasteiger partial charge in [-0.25, -0.2) is 4.98 Å². The lowest BCUT2D eigenvalue weighted by molar-refractivity contribution is -0.274. The molecule has 0 radical (unpaired) electrons. The van der Waals surface area contributed by atoms with Crippen molar-refractivity contribution in [2.75, 3.05) is 43.5 Å².